The summed E-state index contributed by atoms with van der Waals surface area (Å²) in [7, 11) is 2.01. The molecule has 0 spiro atoms. The molecule has 0 fully saturated rings. The quantitative estimate of drug-likeness (QED) is 0.549. The minimum atomic E-state index is -1.16. The fourth-order valence-corrected chi connectivity index (χ4v) is 2.24. The first kappa shape index (κ1) is 7.62. The van der Waals surface area contributed by atoms with E-state index in [9.17, 15) is 0 Å². The molecule has 10 heavy (non-hydrogen) atoms. The number of hydrogen-bond donors (Lipinski definition) is 0. The first-order chi connectivity index (χ1) is 4.52. The Balaban J connectivity index is 3.18. The molecule has 2 nitrogen and oxygen atoms in total. The SMILES string of the molecule is C=P(C)(C)c1nccn1C. The highest BCUT2D eigenvalue weighted by Gasteiger charge is 2.07. The number of nitrogens with zero attached hydrogens (tertiary/aromatic N) is 2. The molecule has 0 atom stereocenters. The smallest absolute Gasteiger partial charge is 0.129 e. The minimum absolute atomic E-state index is 1.13. The molecule has 1 rings (SSSR count). The van der Waals surface area contributed by atoms with Crippen molar-refractivity contribution >= 4 is 18.8 Å². The second kappa shape index (κ2) is 2.28. The van der Waals surface area contributed by atoms with Crippen molar-refractivity contribution in [3.8, 4) is 0 Å². The van der Waals surface area contributed by atoms with E-state index >= 15 is 0 Å². The Morgan fingerprint density at radius 3 is 2.40 bits per heavy atom. The molecule has 56 valence electrons. The molecule has 0 amide bonds. The van der Waals surface area contributed by atoms with Crippen LogP contribution in [0.2, 0.25) is 0 Å². The highest BCUT2D eigenvalue weighted by atomic mass is 31.2. The standard InChI is InChI=1S/C7H13N2P/c1-9-6-5-8-7(9)10(2,3)4/h5-6H,2H2,1,3-4H3. The predicted molar refractivity (Wildman–Crippen MR) is 48.7 cm³/mol. The Kier molecular flexibility index (Phi) is 1.74. The Morgan fingerprint density at radius 1 is 1.60 bits per heavy atom. The fourth-order valence-electron chi connectivity index (χ4n) is 0.941. The van der Waals surface area contributed by atoms with Gasteiger partial charge in [-0.3, -0.25) is 0 Å². The summed E-state index contributed by atoms with van der Waals surface area (Å²) >= 11 is 0. The van der Waals surface area contributed by atoms with Gasteiger partial charge >= 0.3 is 0 Å². The summed E-state index contributed by atoms with van der Waals surface area (Å²) in [5, 5.41) is 0. The van der Waals surface area contributed by atoms with Gasteiger partial charge < -0.3 is 4.57 Å². The molecule has 1 aromatic heterocycles. The van der Waals surface area contributed by atoms with Gasteiger partial charge in [-0.2, -0.15) is 0 Å². The van der Waals surface area contributed by atoms with E-state index < -0.39 is 6.89 Å². The summed E-state index contributed by atoms with van der Waals surface area (Å²) < 4.78 is 2.04. The normalized spacial score (nSPS) is 11.9. The van der Waals surface area contributed by atoms with Gasteiger partial charge in [-0.1, -0.05) is 13.2 Å². The summed E-state index contributed by atoms with van der Waals surface area (Å²) in [6.07, 6.45) is 7.88. The number of hydrogen-bond acceptors (Lipinski definition) is 1. The molecular formula is C7H13N2P. The van der Waals surface area contributed by atoms with Crippen LogP contribution in [0.5, 0.6) is 0 Å². The van der Waals surface area contributed by atoms with E-state index in [2.05, 4.69) is 24.6 Å². The van der Waals surface area contributed by atoms with Gasteiger partial charge in [-0.15, -0.1) is 0 Å². The zero-order valence-corrected chi connectivity index (χ0v) is 7.60. The number of imidazole rings is 1. The van der Waals surface area contributed by atoms with Gasteiger partial charge in [0, 0.05) is 19.4 Å². The molecule has 3 heteroatoms. The summed E-state index contributed by atoms with van der Waals surface area (Å²) in [5.74, 6) is 0. The Morgan fingerprint density at radius 2 is 2.20 bits per heavy atom. The molecule has 0 aromatic carbocycles. The van der Waals surface area contributed by atoms with Gasteiger partial charge in [0.25, 0.3) is 0 Å². The van der Waals surface area contributed by atoms with E-state index in [-0.39, 0.29) is 0 Å². The zero-order chi connectivity index (χ0) is 7.78. The molecule has 0 aliphatic carbocycles. The first-order valence-electron chi connectivity index (χ1n) is 3.18. The molecule has 0 unspecified atom stereocenters. The number of aryl methyl sites for hydroxylation is 1. The molecule has 0 saturated heterocycles. The lowest BCUT2D eigenvalue weighted by Gasteiger charge is -2.10. The van der Waals surface area contributed by atoms with Crippen molar-refractivity contribution in [1.29, 1.82) is 0 Å². The largest absolute Gasteiger partial charge is 0.334 e. The second-order valence-electron chi connectivity index (χ2n) is 3.02. The maximum atomic E-state index is 4.24. The lowest BCUT2D eigenvalue weighted by atomic mass is 10.9. The topological polar surface area (TPSA) is 17.8 Å². The number of rotatable bonds is 1. The van der Waals surface area contributed by atoms with Gasteiger partial charge in [0.05, 0.1) is 0 Å². The van der Waals surface area contributed by atoms with Crippen LogP contribution in [-0.4, -0.2) is 29.2 Å². The van der Waals surface area contributed by atoms with Crippen molar-refractivity contribution < 1.29 is 0 Å². The average Bonchev–Trinajstić information content (AvgIpc) is 2.11. The fraction of sp³-hybridized carbons (Fsp3) is 0.429. The highest BCUT2D eigenvalue weighted by molar-refractivity contribution is 7.78. The van der Waals surface area contributed by atoms with Crippen molar-refractivity contribution in [1.82, 2.24) is 9.55 Å². The van der Waals surface area contributed by atoms with E-state index in [0.717, 1.165) is 5.57 Å². The third kappa shape index (κ3) is 1.32. The van der Waals surface area contributed by atoms with E-state index in [4.69, 9.17) is 0 Å². The Bertz CT molecular complexity index is 269. The van der Waals surface area contributed by atoms with Crippen LogP contribution in [-0.2, 0) is 7.05 Å². The predicted octanol–water partition coefficient (Wildman–Crippen LogP) is 0.755. The van der Waals surface area contributed by atoms with Crippen LogP contribution in [0.4, 0.5) is 0 Å². The summed E-state index contributed by atoms with van der Waals surface area (Å²) in [6.45, 7) is 3.17. The van der Waals surface area contributed by atoms with Crippen molar-refractivity contribution in [2.24, 2.45) is 7.05 Å². The van der Waals surface area contributed by atoms with Gasteiger partial charge in [0.1, 0.15) is 5.57 Å². The first-order valence-corrected chi connectivity index (χ1v) is 6.05. The van der Waals surface area contributed by atoms with E-state index in [0.29, 0.717) is 0 Å². The highest BCUT2D eigenvalue weighted by Crippen LogP contribution is 2.32. The number of aromatic nitrogens is 2. The average molecular weight is 156 g/mol. The van der Waals surface area contributed by atoms with Crippen LogP contribution in [0, 0.1) is 0 Å². The van der Waals surface area contributed by atoms with Crippen LogP contribution in [0.1, 0.15) is 0 Å². The molecule has 0 N–H and O–H groups in total. The third-order valence-electron chi connectivity index (χ3n) is 1.34. The molecule has 0 bridgehead atoms. The molecule has 0 aliphatic rings. The van der Waals surface area contributed by atoms with Gasteiger partial charge in [0.2, 0.25) is 0 Å². The Labute approximate surface area is 61.9 Å². The van der Waals surface area contributed by atoms with E-state index in [1.165, 1.54) is 0 Å². The van der Waals surface area contributed by atoms with Crippen molar-refractivity contribution in [3.05, 3.63) is 12.4 Å². The van der Waals surface area contributed by atoms with Crippen LogP contribution in [0.25, 0.3) is 0 Å². The van der Waals surface area contributed by atoms with Gasteiger partial charge in [0.15, 0.2) is 0 Å². The molecule has 1 aromatic rings. The molecule has 1 heterocycles. The van der Waals surface area contributed by atoms with Crippen molar-refractivity contribution in [2.75, 3.05) is 13.3 Å². The maximum absolute atomic E-state index is 4.24. The van der Waals surface area contributed by atoms with Crippen LogP contribution < -0.4 is 5.57 Å². The third-order valence-corrected chi connectivity index (χ3v) is 2.85. The Hall–Kier alpha value is -0.490. The van der Waals surface area contributed by atoms with Crippen molar-refractivity contribution in [3.63, 3.8) is 0 Å². The van der Waals surface area contributed by atoms with E-state index in [1.807, 2.05) is 24.0 Å². The lowest BCUT2D eigenvalue weighted by molar-refractivity contribution is 0.951. The monoisotopic (exact) mass is 156 g/mol. The second-order valence-corrected chi connectivity index (χ2v) is 6.79. The minimum Gasteiger partial charge on any atom is -0.334 e. The lowest BCUT2D eigenvalue weighted by Crippen LogP contribution is -2.15. The molecular weight excluding hydrogens is 143 g/mol. The van der Waals surface area contributed by atoms with Crippen molar-refractivity contribution in [2.45, 2.75) is 0 Å². The van der Waals surface area contributed by atoms with Gasteiger partial charge in [-0.25, -0.2) is 4.98 Å². The maximum Gasteiger partial charge on any atom is 0.129 e. The van der Waals surface area contributed by atoms with Crippen LogP contribution >= 0.6 is 6.89 Å². The van der Waals surface area contributed by atoms with Gasteiger partial charge in [-0.05, 0) is 13.3 Å². The zero-order valence-electron chi connectivity index (χ0n) is 6.70. The summed E-state index contributed by atoms with van der Waals surface area (Å²) in [4.78, 5) is 4.24. The summed E-state index contributed by atoms with van der Waals surface area (Å²) in [5.41, 5.74) is 1.13. The van der Waals surface area contributed by atoms with Crippen LogP contribution in [0.15, 0.2) is 12.4 Å². The summed E-state index contributed by atoms with van der Waals surface area (Å²) in [6, 6.07) is 0. The molecule has 0 radical (unpaired) electrons. The van der Waals surface area contributed by atoms with Crippen LogP contribution in [0.3, 0.4) is 0 Å². The molecule has 0 saturated carbocycles. The molecule has 0 aliphatic heterocycles. The van der Waals surface area contributed by atoms with E-state index in [1.54, 1.807) is 0 Å².